The maximum absolute atomic E-state index is 14.6. The maximum atomic E-state index is 14.6. The number of ether oxygens (including phenoxy) is 1. The topological polar surface area (TPSA) is 49.9 Å². The van der Waals surface area contributed by atoms with Gasteiger partial charge in [-0.2, -0.15) is 0 Å². The highest BCUT2D eigenvalue weighted by Gasteiger charge is 2.43. The molecule has 1 atom stereocenters. The summed E-state index contributed by atoms with van der Waals surface area (Å²) in [4.78, 5) is 30.0. The van der Waals surface area contributed by atoms with Crippen molar-refractivity contribution in [2.75, 3.05) is 24.6 Å². The zero-order chi connectivity index (χ0) is 22.8. The predicted octanol–water partition coefficient (Wildman–Crippen LogP) is 4.88. The largest absolute Gasteiger partial charge is 0.493 e. The predicted molar refractivity (Wildman–Crippen MR) is 123 cm³/mol. The standard InChI is InChI=1S/C26H29FN2O3/c1-17(2)16-32-20-12-10-19(11-13-20)23-24(28-14-6-7-18(3)15-28)26(31)29(25(23)30)22-9-5-4-8-21(22)27/h4-5,8-13,17-18H,6-7,14-16H2,1-3H3. The van der Waals surface area contributed by atoms with Crippen LogP contribution in [0.5, 0.6) is 5.75 Å². The molecule has 6 heteroatoms. The van der Waals surface area contributed by atoms with E-state index in [1.54, 1.807) is 24.3 Å². The van der Waals surface area contributed by atoms with E-state index >= 15 is 0 Å². The van der Waals surface area contributed by atoms with Crippen LogP contribution in [0.15, 0.2) is 54.2 Å². The number of rotatable bonds is 6. The van der Waals surface area contributed by atoms with Crippen molar-refractivity contribution in [2.45, 2.75) is 33.6 Å². The summed E-state index contributed by atoms with van der Waals surface area (Å²) in [6.45, 7) is 8.28. The maximum Gasteiger partial charge on any atom is 0.282 e. The number of anilines is 1. The zero-order valence-corrected chi connectivity index (χ0v) is 18.8. The molecule has 0 saturated carbocycles. The van der Waals surface area contributed by atoms with Gasteiger partial charge in [-0.15, -0.1) is 0 Å². The molecule has 1 unspecified atom stereocenters. The molecule has 0 N–H and O–H groups in total. The summed E-state index contributed by atoms with van der Waals surface area (Å²) in [5, 5.41) is 0. The SMILES string of the molecule is CC(C)COc1ccc(C2=C(N3CCCC(C)C3)C(=O)N(c3ccccc3F)C2=O)cc1. The fraction of sp³-hybridized carbons (Fsp3) is 0.385. The molecule has 2 aromatic carbocycles. The van der Waals surface area contributed by atoms with Crippen LogP contribution in [0.2, 0.25) is 0 Å². The minimum atomic E-state index is -0.598. The first kappa shape index (κ1) is 22.1. The van der Waals surface area contributed by atoms with E-state index in [0.29, 0.717) is 54.1 Å². The lowest BCUT2D eigenvalue weighted by Gasteiger charge is -2.33. The van der Waals surface area contributed by atoms with E-state index in [9.17, 15) is 14.0 Å². The molecule has 0 aliphatic carbocycles. The Bertz CT molecular complexity index is 1050. The molecule has 0 spiro atoms. The third-order valence-electron chi connectivity index (χ3n) is 5.85. The van der Waals surface area contributed by atoms with Crippen LogP contribution < -0.4 is 9.64 Å². The van der Waals surface area contributed by atoms with Crippen LogP contribution in [0.25, 0.3) is 5.57 Å². The van der Waals surface area contributed by atoms with E-state index in [-0.39, 0.29) is 5.69 Å². The number of carbonyl (C=O) groups is 2. The monoisotopic (exact) mass is 436 g/mol. The summed E-state index contributed by atoms with van der Waals surface area (Å²) in [6.07, 6.45) is 2.03. The number of carbonyl (C=O) groups excluding carboxylic acids is 2. The highest BCUT2D eigenvalue weighted by Crippen LogP contribution is 2.37. The molecule has 2 aliphatic heterocycles. The Kier molecular flexibility index (Phi) is 6.31. The van der Waals surface area contributed by atoms with Crippen LogP contribution in [0.1, 0.15) is 39.2 Å². The molecule has 4 rings (SSSR count). The molecule has 0 radical (unpaired) electrons. The smallest absolute Gasteiger partial charge is 0.282 e. The van der Waals surface area contributed by atoms with Gasteiger partial charge < -0.3 is 9.64 Å². The number of hydrogen-bond acceptors (Lipinski definition) is 4. The number of halogens is 1. The summed E-state index contributed by atoms with van der Waals surface area (Å²) >= 11 is 0. The van der Waals surface area contributed by atoms with Gasteiger partial charge in [-0.3, -0.25) is 9.59 Å². The van der Waals surface area contributed by atoms with Crippen molar-refractivity contribution in [1.82, 2.24) is 4.90 Å². The Morgan fingerprint density at radius 3 is 2.44 bits per heavy atom. The normalized spacial score (nSPS) is 19.3. The van der Waals surface area contributed by atoms with Crippen molar-refractivity contribution in [3.05, 3.63) is 65.6 Å². The van der Waals surface area contributed by atoms with E-state index in [1.807, 2.05) is 17.0 Å². The molecule has 168 valence electrons. The van der Waals surface area contributed by atoms with Crippen LogP contribution in [-0.2, 0) is 9.59 Å². The Morgan fingerprint density at radius 2 is 1.78 bits per heavy atom. The van der Waals surface area contributed by atoms with Gasteiger partial charge in [0.05, 0.1) is 17.9 Å². The first-order valence-electron chi connectivity index (χ1n) is 11.2. The van der Waals surface area contributed by atoms with E-state index in [1.165, 1.54) is 12.1 Å². The van der Waals surface area contributed by atoms with E-state index in [2.05, 4.69) is 20.8 Å². The van der Waals surface area contributed by atoms with Gasteiger partial charge in [0.2, 0.25) is 0 Å². The molecular weight excluding hydrogens is 407 g/mol. The summed E-state index contributed by atoms with van der Waals surface area (Å²) in [6, 6.07) is 13.1. The quantitative estimate of drug-likeness (QED) is 0.606. The molecule has 2 heterocycles. The van der Waals surface area contributed by atoms with Crippen LogP contribution in [0.4, 0.5) is 10.1 Å². The second-order valence-electron chi connectivity index (χ2n) is 9.04. The first-order valence-corrected chi connectivity index (χ1v) is 11.2. The minimum absolute atomic E-state index is 0.0167. The molecule has 0 aromatic heterocycles. The summed E-state index contributed by atoms with van der Waals surface area (Å²) in [5.74, 6) is -0.0464. The summed E-state index contributed by atoms with van der Waals surface area (Å²) in [5.41, 5.74) is 1.30. The molecule has 2 aromatic rings. The Morgan fingerprint density at radius 1 is 1.06 bits per heavy atom. The Hall–Kier alpha value is -3.15. The fourth-order valence-corrected chi connectivity index (χ4v) is 4.30. The molecule has 2 amide bonds. The number of benzene rings is 2. The molecule has 1 saturated heterocycles. The number of hydrogen-bond donors (Lipinski definition) is 0. The molecule has 0 bridgehead atoms. The first-order chi connectivity index (χ1) is 15.4. The van der Waals surface area contributed by atoms with Gasteiger partial charge in [0.1, 0.15) is 17.3 Å². The lowest BCUT2D eigenvalue weighted by atomic mass is 9.97. The Balaban J connectivity index is 1.75. The van der Waals surface area contributed by atoms with Crippen molar-refractivity contribution in [1.29, 1.82) is 0 Å². The average molecular weight is 437 g/mol. The van der Waals surface area contributed by atoms with Crippen LogP contribution in [-0.4, -0.2) is 36.4 Å². The van der Waals surface area contributed by atoms with Crippen molar-refractivity contribution in [2.24, 2.45) is 11.8 Å². The van der Waals surface area contributed by atoms with Gasteiger partial charge >= 0.3 is 0 Å². The second-order valence-corrected chi connectivity index (χ2v) is 9.04. The number of imide groups is 1. The highest BCUT2D eigenvalue weighted by atomic mass is 19.1. The number of nitrogens with zero attached hydrogens (tertiary/aromatic N) is 2. The number of para-hydroxylation sites is 1. The van der Waals surface area contributed by atoms with Crippen LogP contribution in [0, 0.1) is 17.7 Å². The van der Waals surface area contributed by atoms with Gasteiger partial charge in [-0.25, -0.2) is 9.29 Å². The zero-order valence-electron chi connectivity index (χ0n) is 18.8. The molecular formula is C26H29FN2O3. The minimum Gasteiger partial charge on any atom is -0.493 e. The number of amides is 2. The van der Waals surface area contributed by atoms with Crippen molar-refractivity contribution in [3.8, 4) is 5.75 Å². The lowest BCUT2D eigenvalue weighted by molar-refractivity contribution is -0.120. The molecule has 32 heavy (non-hydrogen) atoms. The van der Waals surface area contributed by atoms with Crippen molar-refractivity contribution in [3.63, 3.8) is 0 Å². The van der Waals surface area contributed by atoms with Crippen molar-refractivity contribution >= 4 is 23.1 Å². The van der Waals surface area contributed by atoms with Crippen molar-refractivity contribution < 1.29 is 18.7 Å². The van der Waals surface area contributed by atoms with Crippen LogP contribution >= 0.6 is 0 Å². The van der Waals surface area contributed by atoms with Gasteiger partial charge in [0.15, 0.2) is 0 Å². The van der Waals surface area contributed by atoms with Gasteiger partial charge in [0.25, 0.3) is 11.8 Å². The lowest BCUT2D eigenvalue weighted by Crippen LogP contribution is -2.39. The van der Waals surface area contributed by atoms with E-state index in [4.69, 9.17) is 4.74 Å². The second kappa shape index (κ2) is 9.15. The molecule has 1 fully saturated rings. The van der Waals surface area contributed by atoms with E-state index in [0.717, 1.165) is 17.7 Å². The van der Waals surface area contributed by atoms with E-state index < -0.39 is 17.6 Å². The fourth-order valence-electron chi connectivity index (χ4n) is 4.30. The third-order valence-corrected chi connectivity index (χ3v) is 5.85. The van der Waals surface area contributed by atoms with Gasteiger partial charge in [0, 0.05) is 13.1 Å². The number of likely N-dealkylation sites (tertiary alicyclic amines) is 1. The Labute approximate surface area is 188 Å². The van der Waals surface area contributed by atoms with Gasteiger partial charge in [-0.1, -0.05) is 45.0 Å². The summed E-state index contributed by atoms with van der Waals surface area (Å²) < 4.78 is 20.3. The molecule has 5 nitrogen and oxygen atoms in total. The molecule has 2 aliphatic rings. The average Bonchev–Trinajstić information content (AvgIpc) is 3.03. The third kappa shape index (κ3) is 4.27. The summed E-state index contributed by atoms with van der Waals surface area (Å²) in [7, 11) is 0. The van der Waals surface area contributed by atoms with Crippen LogP contribution in [0.3, 0.4) is 0 Å². The number of piperidine rings is 1. The van der Waals surface area contributed by atoms with Gasteiger partial charge in [-0.05, 0) is 54.5 Å². The highest BCUT2D eigenvalue weighted by molar-refractivity contribution is 6.45.